The minimum absolute atomic E-state index is 0.241. The number of carbonyl (C=O) groups is 3. The lowest BCUT2D eigenvalue weighted by Crippen LogP contribution is -2.16. The number of benzene rings is 2. The minimum atomic E-state index is -0.638. The van der Waals surface area contributed by atoms with Gasteiger partial charge in [0.25, 0.3) is 5.91 Å². The highest BCUT2D eigenvalue weighted by molar-refractivity contribution is 6.05. The van der Waals surface area contributed by atoms with Crippen LogP contribution in [0.15, 0.2) is 59.1 Å². The lowest BCUT2D eigenvalue weighted by atomic mass is 10.1. The Labute approximate surface area is 167 Å². The summed E-state index contributed by atoms with van der Waals surface area (Å²) in [4.78, 5) is 36.7. The Morgan fingerprint density at radius 2 is 1.69 bits per heavy atom. The van der Waals surface area contributed by atoms with E-state index in [0.717, 1.165) is 0 Å². The van der Waals surface area contributed by atoms with Gasteiger partial charge in [0.2, 0.25) is 0 Å². The van der Waals surface area contributed by atoms with Crippen molar-refractivity contribution in [2.45, 2.75) is 20.3 Å². The Balaban J connectivity index is 1.58. The molecule has 0 saturated carbocycles. The van der Waals surface area contributed by atoms with Crippen LogP contribution in [0.5, 0.6) is 0 Å². The molecule has 1 N–H and O–H groups in total. The van der Waals surface area contributed by atoms with E-state index in [9.17, 15) is 14.4 Å². The Bertz CT molecular complexity index is 1020. The minimum Gasteiger partial charge on any atom is -0.454 e. The van der Waals surface area contributed by atoms with E-state index in [1.54, 1.807) is 55.5 Å². The third-order valence-corrected chi connectivity index (χ3v) is 4.31. The summed E-state index contributed by atoms with van der Waals surface area (Å²) < 4.78 is 10.1. The molecule has 0 fully saturated rings. The number of ether oxygens (including phenoxy) is 1. The molecule has 1 aromatic heterocycles. The molecule has 3 rings (SSSR count). The molecule has 1 amide bonds. The maximum atomic E-state index is 12.3. The number of Topliss-reactive ketones (excluding diaryl/α,β-unsaturated/α-hetero) is 1. The Hall–Kier alpha value is -3.74. The van der Waals surface area contributed by atoms with Gasteiger partial charge in [0.1, 0.15) is 11.3 Å². The van der Waals surface area contributed by atoms with Crippen LogP contribution in [0.4, 0.5) is 5.69 Å². The number of anilines is 1. The molecular formula is C22H20N2O5. The summed E-state index contributed by atoms with van der Waals surface area (Å²) in [6, 6.07) is 15.2. The third-order valence-electron chi connectivity index (χ3n) is 4.31. The van der Waals surface area contributed by atoms with Crippen LogP contribution in [-0.4, -0.2) is 29.4 Å². The maximum Gasteiger partial charge on any atom is 0.344 e. The largest absolute Gasteiger partial charge is 0.454 e. The van der Waals surface area contributed by atoms with Crippen molar-refractivity contribution in [3.8, 4) is 0 Å². The van der Waals surface area contributed by atoms with E-state index in [0.29, 0.717) is 34.7 Å². The lowest BCUT2D eigenvalue weighted by molar-refractivity contribution is 0.0472. The van der Waals surface area contributed by atoms with E-state index in [1.165, 1.54) is 0 Å². The Morgan fingerprint density at radius 1 is 1.00 bits per heavy atom. The number of nitrogens with one attached hydrogen (secondary N) is 1. The highest BCUT2D eigenvalue weighted by Gasteiger charge is 2.21. The summed E-state index contributed by atoms with van der Waals surface area (Å²) >= 11 is 0. The molecule has 148 valence electrons. The normalized spacial score (nSPS) is 10.4. The second-order valence-electron chi connectivity index (χ2n) is 6.31. The monoisotopic (exact) mass is 392 g/mol. The number of carbonyl (C=O) groups excluding carboxylic acids is 3. The van der Waals surface area contributed by atoms with Crippen molar-refractivity contribution in [1.29, 1.82) is 0 Å². The molecule has 0 bridgehead atoms. The van der Waals surface area contributed by atoms with E-state index >= 15 is 0 Å². The zero-order valence-electron chi connectivity index (χ0n) is 16.1. The summed E-state index contributed by atoms with van der Waals surface area (Å²) in [6.07, 6.45) is 0.520. The summed E-state index contributed by atoms with van der Waals surface area (Å²) in [7, 11) is 0. The summed E-state index contributed by atoms with van der Waals surface area (Å²) in [6.45, 7) is 3.06. The number of aromatic nitrogens is 1. The molecule has 0 aliphatic rings. The quantitative estimate of drug-likeness (QED) is 0.485. The molecular weight excluding hydrogens is 372 g/mol. The number of hydrogen-bond donors (Lipinski definition) is 1. The smallest absolute Gasteiger partial charge is 0.344 e. The first-order valence-electron chi connectivity index (χ1n) is 9.11. The van der Waals surface area contributed by atoms with E-state index < -0.39 is 12.6 Å². The Morgan fingerprint density at radius 3 is 2.34 bits per heavy atom. The van der Waals surface area contributed by atoms with Crippen LogP contribution in [0.3, 0.4) is 0 Å². The fraction of sp³-hybridized carbons (Fsp3) is 0.182. The maximum absolute atomic E-state index is 12.3. The van der Waals surface area contributed by atoms with Crippen molar-refractivity contribution in [2.24, 2.45) is 0 Å². The van der Waals surface area contributed by atoms with Gasteiger partial charge in [-0.3, -0.25) is 9.59 Å². The molecule has 0 radical (unpaired) electrons. The highest BCUT2D eigenvalue weighted by Crippen LogP contribution is 2.16. The van der Waals surface area contributed by atoms with Gasteiger partial charge in [-0.2, -0.15) is 0 Å². The molecule has 29 heavy (non-hydrogen) atoms. The first-order valence-corrected chi connectivity index (χ1v) is 9.11. The molecule has 0 aliphatic heterocycles. The van der Waals surface area contributed by atoms with Gasteiger partial charge in [0, 0.05) is 16.8 Å². The SMILES string of the molecule is CCc1noc(C)c1C(=O)OCC(=O)c1ccc(NC(=O)c2ccccc2)cc1. The molecule has 7 heteroatoms. The van der Waals surface area contributed by atoms with Crippen LogP contribution < -0.4 is 5.32 Å². The first-order chi connectivity index (χ1) is 14.0. The van der Waals surface area contributed by atoms with Crippen molar-refractivity contribution in [1.82, 2.24) is 5.16 Å². The lowest BCUT2D eigenvalue weighted by Gasteiger charge is -2.07. The van der Waals surface area contributed by atoms with E-state index in [2.05, 4.69) is 10.5 Å². The van der Waals surface area contributed by atoms with Gasteiger partial charge in [0.05, 0.1) is 5.69 Å². The zero-order chi connectivity index (χ0) is 20.8. The van der Waals surface area contributed by atoms with Crippen LogP contribution in [-0.2, 0) is 11.2 Å². The molecule has 1 heterocycles. The fourth-order valence-electron chi connectivity index (χ4n) is 2.74. The van der Waals surface area contributed by atoms with Crippen LogP contribution >= 0.6 is 0 Å². The number of amides is 1. The van der Waals surface area contributed by atoms with E-state index in [1.807, 2.05) is 13.0 Å². The zero-order valence-corrected chi connectivity index (χ0v) is 16.1. The number of nitrogens with zero attached hydrogens (tertiary/aromatic N) is 1. The number of aryl methyl sites for hydroxylation is 2. The predicted octanol–water partition coefficient (Wildman–Crippen LogP) is 3.84. The molecule has 0 atom stereocenters. The summed E-state index contributed by atoms with van der Waals surface area (Å²) in [5.74, 6) is -0.876. The second-order valence-corrected chi connectivity index (χ2v) is 6.31. The van der Waals surface area contributed by atoms with Gasteiger partial charge in [-0.25, -0.2) is 4.79 Å². The van der Waals surface area contributed by atoms with Crippen LogP contribution in [0, 0.1) is 6.92 Å². The molecule has 0 unspecified atom stereocenters. The predicted molar refractivity (Wildman–Crippen MR) is 106 cm³/mol. The van der Waals surface area contributed by atoms with Crippen molar-refractivity contribution in [2.75, 3.05) is 11.9 Å². The topological polar surface area (TPSA) is 98.5 Å². The van der Waals surface area contributed by atoms with Gasteiger partial charge in [-0.1, -0.05) is 30.3 Å². The van der Waals surface area contributed by atoms with Crippen LogP contribution in [0.25, 0.3) is 0 Å². The molecule has 0 saturated heterocycles. The van der Waals surface area contributed by atoms with Crippen LogP contribution in [0.2, 0.25) is 0 Å². The van der Waals surface area contributed by atoms with Crippen molar-refractivity contribution >= 4 is 23.3 Å². The molecule has 7 nitrogen and oxygen atoms in total. The molecule has 2 aromatic carbocycles. The van der Waals surface area contributed by atoms with Gasteiger partial charge >= 0.3 is 5.97 Å². The molecule has 0 spiro atoms. The number of esters is 1. The Kier molecular flexibility index (Phi) is 6.19. The van der Waals surface area contributed by atoms with E-state index in [4.69, 9.17) is 9.26 Å². The van der Waals surface area contributed by atoms with Crippen LogP contribution in [0.1, 0.15) is 49.5 Å². The highest BCUT2D eigenvalue weighted by atomic mass is 16.5. The number of rotatable bonds is 7. The number of hydrogen-bond acceptors (Lipinski definition) is 6. The summed E-state index contributed by atoms with van der Waals surface area (Å²) in [5.41, 5.74) is 2.22. The first kappa shape index (κ1) is 20.0. The fourth-order valence-corrected chi connectivity index (χ4v) is 2.74. The average Bonchev–Trinajstić information content (AvgIpc) is 3.13. The third kappa shape index (κ3) is 4.76. The second kappa shape index (κ2) is 8.97. The standard InChI is InChI=1S/C22H20N2O5/c1-3-18-20(14(2)29-24-18)22(27)28-13-19(25)15-9-11-17(12-10-15)23-21(26)16-7-5-4-6-8-16/h4-12H,3,13H2,1-2H3,(H,23,26). The van der Waals surface area contributed by atoms with Crippen molar-refractivity contribution in [3.05, 3.63) is 82.7 Å². The van der Waals surface area contributed by atoms with Crippen molar-refractivity contribution < 1.29 is 23.6 Å². The number of ketones is 1. The van der Waals surface area contributed by atoms with Crippen molar-refractivity contribution in [3.63, 3.8) is 0 Å². The van der Waals surface area contributed by atoms with Gasteiger partial charge in [0.15, 0.2) is 12.4 Å². The van der Waals surface area contributed by atoms with Gasteiger partial charge < -0.3 is 14.6 Å². The summed E-state index contributed by atoms with van der Waals surface area (Å²) in [5, 5.41) is 6.56. The molecule has 3 aromatic rings. The van der Waals surface area contributed by atoms with Gasteiger partial charge in [-0.05, 0) is 49.7 Å². The van der Waals surface area contributed by atoms with Gasteiger partial charge in [-0.15, -0.1) is 0 Å². The average molecular weight is 392 g/mol. The van der Waals surface area contributed by atoms with E-state index in [-0.39, 0.29) is 17.3 Å². The molecule has 0 aliphatic carbocycles.